The molecule has 0 saturated heterocycles. The SMILES string of the molecule is Cc1ncsc1CCOC(=O)NC(C)C. The van der Waals surface area contributed by atoms with E-state index in [2.05, 4.69) is 10.3 Å². The Morgan fingerprint density at radius 2 is 2.40 bits per heavy atom. The van der Waals surface area contributed by atoms with Crippen LogP contribution in [0.4, 0.5) is 4.79 Å². The molecule has 4 nitrogen and oxygen atoms in total. The van der Waals surface area contributed by atoms with Gasteiger partial charge in [0.25, 0.3) is 0 Å². The molecule has 15 heavy (non-hydrogen) atoms. The quantitative estimate of drug-likeness (QED) is 0.859. The fourth-order valence-corrected chi connectivity index (χ4v) is 1.84. The van der Waals surface area contributed by atoms with Gasteiger partial charge in [0.2, 0.25) is 0 Å². The lowest BCUT2D eigenvalue weighted by Gasteiger charge is -2.08. The molecule has 0 atom stereocenters. The van der Waals surface area contributed by atoms with Gasteiger partial charge in [0.1, 0.15) is 0 Å². The van der Waals surface area contributed by atoms with Crippen molar-refractivity contribution in [2.45, 2.75) is 33.2 Å². The van der Waals surface area contributed by atoms with E-state index < -0.39 is 0 Å². The van der Waals surface area contributed by atoms with E-state index in [1.54, 1.807) is 16.8 Å². The molecule has 0 fully saturated rings. The molecule has 0 aliphatic rings. The van der Waals surface area contributed by atoms with Crippen LogP contribution in [0.5, 0.6) is 0 Å². The first kappa shape index (κ1) is 12.0. The van der Waals surface area contributed by atoms with E-state index in [4.69, 9.17) is 4.74 Å². The molecule has 0 bridgehead atoms. The van der Waals surface area contributed by atoms with E-state index >= 15 is 0 Å². The molecule has 5 heteroatoms. The number of carbonyl (C=O) groups is 1. The van der Waals surface area contributed by atoms with Gasteiger partial charge in [-0.05, 0) is 20.8 Å². The second-order valence-corrected chi connectivity index (χ2v) is 4.49. The number of amides is 1. The number of aryl methyl sites for hydroxylation is 1. The first-order valence-electron chi connectivity index (χ1n) is 4.92. The lowest BCUT2D eigenvalue weighted by atomic mass is 10.3. The summed E-state index contributed by atoms with van der Waals surface area (Å²) in [5, 5.41) is 2.66. The van der Waals surface area contributed by atoms with Crippen LogP contribution in [0.1, 0.15) is 24.4 Å². The summed E-state index contributed by atoms with van der Waals surface area (Å²) in [5.74, 6) is 0. The molecule has 0 saturated carbocycles. The third-order valence-electron chi connectivity index (χ3n) is 1.81. The number of ether oxygens (including phenoxy) is 1. The molecule has 1 N–H and O–H groups in total. The van der Waals surface area contributed by atoms with Crippen LogP contribution in [0.15, 0.2) is 5.51 Å². The number of aromatic nitrogens is 1. The van der Waals surface area contributed by atoms with Gasteiger partial charge in [0.15, 0.2) is 0 Å². The normalized spacial score (nSPS) is 10.4. The highest BCUT2D eigenvalue weighted by Crippen LogP contribution is 2.12. The van der Waals surface area contributed by atoms with Gasteiger partial charge in [-0.25, -0.2) is 9.78 Å². The smallest absolute Gasteiger partial charge is 0.407 e. The van der Waals surface area contributed by atoms with Crippen LogP contribution in [0, 0.1) is 6.92 Å². The number of nitrogens with zero attached hydrogens (tertiary/aromatic N) is 1. The van der Waals surface area contributed by atoms with Crippen LogP contribution in [0.3, 0.4) is 0 Å². The van der Waals surface area contributed by atoms with Crippen molar-refractivity contribution in [3.8, 4) is 0 Å². The summed E-state index contributed by atoms with van der Waals surface area (Å²) >= 11 is 1.59. The van der Waals surface area contributed by atoms with Gasteiger partial charge in [0, 0.05) is 17.3 Å². The maximum absolute atomic E-state index is 11.1. The topological polar surface area (TPSA) is 51.2 Å². The Hall–Kier alpha value is -1.10. The van der Waals surface area contributed by atoms with Gasteiger partial charge < -0.3 is 10.1 Å². The number of thiazole rings is 1. The van der Waals surface area contributed by atoms with E-state index in [0.717, 1.165) is 12.1 Å². The van der Waals surface area contributed by atoms with E-state index in [1.807, 2.05) is 20.8 Å². The highest BCUT2D eigenvalue weighted by Gasteiger charge is 2.05. The summed E-state index contributed by atoms with van der Waals surface area (Å²) in [6.45, 7) is 6.16. The maximum Gasteiger partial charge on any atom is 0.407 e. The average molecular weight is 228 g/mol. The number of nitrogens with one attached hydrogen (secondary N) is 1. The molecule has 0 aromatic carbocycles. The Bertz CT molecular complexity index is 323. The van der Waals surface area contributed by atoms with Gasteiger partial charge in [-0.1, -0.05) is 0 Å². The first-order valence-corrected chi connectivity index (χ1v) is 5.80. The monoisotopic (exact) mass is 228 g/mol. The highest BCUT2D eigenvalue weighted by molar-refractivity contribution is 7.09. The van der Waals surface area contributed by atoms with E-state index in [0.29, 0.717) is 6.61 Å². The minimum Gasteiger partial charge on any atom is -0.449 e. The van der Waals surface area contributed by atoms with Crippen LogP contribution in [0.2, 0.25) is 0 Å². The molecule has 0 aliphatic heterocycles. The largest absolute Gasteiger partial charge is 0.449 e. The summed E-state index contributed by atoms with van der Waals surface area (Å²) in [6.07, 6.45) is 0.384. The van der Waals surface area contributed by atoms with Crippen molar-refractivity contribution >= 4 is 17.4 Å². The Labute approximate surface area is 93.7 Å². The van der Waals surface area contributed by atoms with Crippen molar-refractivity contribution in [3.05, 3.63) is 16.1 Å². The summed E-state index contributed by atoms with van der Waals surface area (Å²) < 4.78 is 5.01. The fraction of sp³-hybridized carbons (Fsp3) is 0.600. The minimum atomic E-state index is -0.354. The molecule has 1 aromatic heterocycles. The van der Waals surface area contributed by atoms with Crippen LogP contribution in [0.25, 0.3) is 0 Å². The fourth-order valence-electron chi connectivity index (χ4n) is 1.08. The van der Waals surface area contributed by atoms with Crippen LogP contribution < -0.4 is 5.32 Å². The number of rotatable bonds is 4. The van der Waals surface area contributed by atoms with E-state index in [1.165, 1.54) is 4.88 Å². The van der Waals surface area contributed by atoms with Crippen molar-refractivity contribution in [1.82, 2.24) is 10.3 Å². The number of carbonyl (C=O) groups excluding carboxylic acids is 1. The molecule has 0 aliphatic carbocycles. The van der Waals surface area contributed by atoms with Gasteiger partial charge in [0.05, 0.1) is 17.8 Å². The predicted octanol–water partition coefficient (Wildman–Crippen LogP) is 2.13. The van der Waals surface area contributed by atoms with Gasteiger partial charge in [-0.2, -0.15) is 0 Å². The zero-order valence-corrected chi connectivity index (χ0v) is 10.1. The lowest BCUT2D eigenvalue weighted by Crippen LogP contribution is -2.31. The maximum atomic E-state index is 11.1. The molecule has 1 rings (SSSR count). The summed E-state index contributed by atoms with van der Waals surface area (Å²) in [6, 6.07) is 0.114. The second kappa shape index (κ2) is 5.70. The predicted molar refractivity (Wildman–Crippen MR) is 60.2 cm³/mol. The molecular weight excluding hydrogens is 212 g/mol. The molecule has 1 heterocycles. The van der Waals surface area contributed by atoms with Gasteiger partial charge >= 0.3 is 6.09 Å². The molecular formula is C10H16N2O2S. The zero-order chi connectivity index (χ0) is 11.3. The van der Waals surface area contributed by atoms with Crippen LogP contribution >= 0.6 is 11.3 Å². The minimum absolute atomic E-state index is 0.114. The number of hydrogen-bond donors (Lipinski definition) is 1. The Morgan fingerprint density at radius 1 is 1.67 bits per heavy atom. The number of hydrogen-bond acceptors (Lipinski definition) is 4. The average Bonchev–Trinajstić information content (AvgIpc) is 2.50. The third-order valence-corrected chi connectivity index (χ3v) is 2.81. The zero-order valence-electron chi connectivity index (χ0n) is 9.24. The van der Waals surface area contributed by atoms with Crippen LogP contribution in [-0.4, -0.2) is 23.7 Å². The summed E-state index contributed by atoms with van der Waals surface area (Å²) in [4.78, 5) is 16.4. The Kier molecular flexibility index (Phi) is 4.55. The van der Waals surface area contributed by atoms with Crippen LogP contribution in [-0.2, 0) is 11.2 Å². The van der Waals surface area contributed by atoms with Crippen molar-refractivity contribution in [2.75, 3.05) is 6.61 Å². The first-order chi connectivity index (χ1) is 7.09. The standard InChI is InChI=1S/C10H16N2O2S/c1-7(2)12-10(13)14-5-4-9-8(3)11-6-15-9/h6-7H,4-5H2,1-3H3,(H,12,13). The van der Waals surface area contributed by atoms with E-state index in [9.17, 15) is 4.79 Å². The Balaban J connectivity index is 2.22. The van der Waals surface area contributed by atoms with Crippen molar-refractivity contribution in [1.29, 1.82) is 0 Å². The van der Waals surface area contributed by atoms with Gasteiger partial charge in [-0.15, -0.1) is 11.3 Å². The van der Waals surface area contributed by atoms with Crippen molar-refractivity contribution in [2.24, 2.45) is 0 Å². The molecule has 0 unspecified atom stereocenters. The Morgan fingerprint density at radius 3 is 2.93 bits per heavy atom. The molecule has 0 spiro atoms. The summed E-state index contributed by atoms with van der Waals surface area (Å²) in [7, 11) is 0. The second-order valence-electron chi connectivity index (χ2n) is 3.55. The third kappa shape index (κ3) is 4.29. The summed E-state index contributed by atoms with van der Waals surface area (Å²) in [5.41, 5.74) is 2.83. The highest BCUT2D eigenvalue weighted by atomic mass is 32.1. The van der Waals surface area contributed by atoms with Crippen molar-refractivity contribution < 1.29 is 9.53 Å². The molecule has 0 radical (unpaired) electrons. The molecule has 1 aromatic rings. The van der Waals surface area contributed by atoms with Gasteiger partial charge in [-0.3, -0.25) is 0 Å². The van der Waals surface area contributed by atoms with Crippen molar-refractivity contribution in [3.63, 3.8) is 0 Å². The number of alkyl carbamates (subject to hydrolysis) is 1. The molecule has 1 amide bonds. The molecule has 84 valence electrons. The van der Waals surface area contributed by atoms with E-state index in [-0.39, 0.29) is 12.1 Å². The lowest BCUT2D eigenvalue weighted by molar-refractivity contribution is 0.145.